The molecule has 0 aliphatic heterocycles. The van der Waals surface area contributed by atoms with E-state index in [9.17, 15) is 9.59 Å². The van der Waals surface area contributed by atoms with Gasteiger partial charge in [0, 0.05) is 21.8 Å². The van der Waals surface area contributed by atoms with Crippen molar-refractivity contribution in [2.75, 3.05) is 14.2 Å². The number of ketones is 2. The zero-order chi connectivity index (χ0) is 20.8. The molecule has 0 bridgehead atoms. The average Bonchev–Trinajstić information content (AvgIpc) is 3.37. The van der Waals surface area contributed by atoms with Gasteiger partial charge in [-0.1, -0.05) is 36.4 Å². The highest BCUT2D eigenvalue weighted by atomic mass is 16.5. The number of carbonyl (C=O) groups excluding carboxylic acids is 2. The third-order valence-corrected chi connectivity index (χ3v) is 5.33. The number of Topliss-reactive ketones (excluding diaryl/α,β-unsaturated/α-hetero) is 2. The molecule has 6 heteroatoms. The summed E-state index contributed by atoms with van der Waals surface area (Å²) in [6.45, 7) is 0. The largest absolute Gasteiger partial charge is 0.489 e. The number of rotatable bonds is 4. The van der Waals surface area contributed by atoms with Gasteiger partial charge < -0.3 is 19.4 Å². The van der Waals surface area contributed by atoms with E-state index in [4.69, 9.17) is 9.47 Å². The number of H-pyrrole nitrogens is 2. The number of allylic oxidation sites excluding steroid dienone is 2. The molecule has 0 radical (unpaired) electrons. The summed E-state index contributed by atoms with van der Waals surface area (Å²) >= 11 is 0. The smallest absolute Gasteiger partial charge is 0.234 e. The molecular formula is C24H18N2O4. The molecule has 6 nitrogen and oxygen atoms in total. The second-order valence-electron chi connectivity index (χ2n) is 7.02. The van der Waals surface area contributed by atoms with E-state index in [1.807, 2.05) is 60.7 Å². The Hall–Kier alpha value is -4.06. The second kappa shape index (κ2) is 6.77. The van der Waals surface area contributed by atoms with Crippen LogP contribution in [0.3, 0.4) is 0 Å². The molecule has 4 aromatic rings. The van der Waals surface area contributed by atoms with Crippen LogP contribution < -0.4 is 0 Å². The summed E-state index contributed by atoms with van der Waals surface area (Å²) in [6, 6.07) is 19.1. The summed E-state index contributed by atoms with van der Waals surface area (Å²) in [5, 5.41) is 1.88. The third-order valence-electron chi connectivity index (χ3n) is 5.33. The Morgan fingerprint density at radius 1 is 0.633 bits per heavy atom. The van der Waals surface area contributed by atoms with E-state index >= 15 is 0 Å². The van der Waals surface area contributed by atoms with Crippen molar-refractivity contribution in [3.8, 4) is 0 Å². The average molecular weight is 398 g/mol. The lowest BCUT2D eigenvalue weighted by molar-refractivity contribution is -0.118. The summed E-state index contributed by atoms with van der Waals surface area (Å²) in [7, 11) is 2.71. The number of ether oxygens (including phenoxy) is 2. The van der Waals surface area contributed by atoms with Crippen molar-refractivity contribution >= 4 is 44.5 Å². The van der Waals surface area contributed by atoms with Gasteiger partial charge in [-0.25, -0.2) is 0 Å². The minimum absolute atomic E-state index is 0.101. The van der Waals surface area contributed by atoms with Gasteiger partial charge in [0.2, 0.25) is 23.1 Å². The molecule has 2 heterocycles. The Bertz CT molecular complexity index is 1230. The number of aromatic nitrogens is 2. The molecule has 5 rings (SSSR count). The SMILES string of the molecule is COC1=C(OC)C(=O)C(c2cc3ccccc3[nH]2)=C(c2cc3ccccc3[nH]2)C1=O. The van der Waals surface area contributed by atoms with Crippen molar-refractivity contribution in [2.45, 2.75) is 0 Å². The van der Waals surface area contributed by atoms with E-state index in [1.54, 1.807) is 0 Å². The minimum Gasteiger partial charge on any atom is -0.489 e. The molecule has 2 aromatic heterocycles. The number of methoxy groups -OCH3 is 2. The summed E-state index contributed by atoms with van der Waals surface area (Å²) in [5.74, 6) is -1.02. The van der Waals surface area contributed by atoms with Crippen molar-refractivity contribution in [1.29, 1.82) is 0 Å². The topological polar surface area (TPSA) is 84.2 Å². The molecule has 30 heavy (non-hydrogen) atoms. The molecule has 0 fully saturated rings. The zero-order valence-electron chi connectivity index (χ0n) is 16.4. The highest BCUT2D eigenvalue weighted by Gasteiger charge is 2.39. The minimum atomic E-state index is -0.408. The molecule has 1 aliphatic carbocycles. The Labute approximate surface area is 171 Å². The van der Waals surface area contributed by atoms with Crippen molar-refractivity contribution < 1.29 is 19.1 Å². The lowest BCUT2D eigenvalue weighted by Gasteiger charge is -2.21. The van der Waals surface area contributed by atoms with Gasteiger partial charge >= 0.3 is 0 Å². The van der Waals surface area contributed by atoms with Crippen molar-refractivity contribution in [3.05, 3.63) is 83.6 Å². The van der Waals surface area contributed by atoms with Crippen LogP contribution in [0.15, 0.2) is 72.2 Å². The maximum atomic E-state index is 13.4. The van der Waals surface area contributed by atoms with Crippen LogP contribution in [0.5, 0.6) is 0 Å². The van der Waals surface area contributed by atoms with Crippen LogP contribution in [0.4, 0.5) is 0 Å². The van der Waals surface area contributed by atoms with Gasteiger partial charge in [-0.15, -0.1) is 0 Å². The Morgan fingerprint density at radius 2 is 1.03 bits per heavy atom. The van der Waals surface area contributed by atoms with E-state index in [-0.39, 0.29) is 22.7 Å². The second-order valence-corrected chi connectivity index (χ2v) is 7.02. The molecule has 0 amide bonds. The number of hydrogen-bond acceptors (Lipinski definition) is 4. The first-order valence-electron chi connectivity index (χ1n) is 9.44. The van der Waals surface area contributed by atoms with Gasteiger partial charge in [-0.3, -0.25) is 9.59 Å². The van der Waals surface area contributed by atoms with Crippen LogP contribution in [0, 0.1) is 0 Å². The normalized spacial score (nSPS) is 14.9. The number of carbonyl (C=O) groups is 2. The van der Waals surface area contributed by atoms with Crippen LogP contribution in [0.25, 0.3) is 33.0 Å². The van der Waals surface area contributed by atoms with Gasteiger partial charge in [0.25, 0.3) is 0 Å². The van der Waals surface area contributed by atoms with Gasteiger partial charge in [-0.2, -0.15) is 0 Å². The Kier molecular flexibility index (Phi) is 4.06. The van der Waals surface area contributed by atoms with Crippen LogP contribution in [-0.4, -0.2) is 35.8 Å². The van der Waals surface area contributed by atoms with E-state index in [1.165, 1.54) is 14.2 Å². The summed E-state index contributed by atoms with van der Waals surface area (Å²) < 4.78 is 10.5. The van der Waals surface area contributed by atoms with E-state index in [0.717, 1.165) is 21.8 Å². The summed E-state index contributed by atoms with van der Waals surface area (Å²) in [6.07, 6.45) is 0. The van der Waals surface area contributed by atoms with Gasteiger partial charge in [0.05, 0.1) is 36.8 Å². The Morgan fingerprint density at radius 3 is 1.40 bits per heavy atom. The van der Waals surface area contributed by atoms with Crippen molar-refractivity contribution in [1.82, 2.24) is 9.97 Å². The lowest BCUT2D eigenvalue weighted by Crippen LogP contribution is -2.25. The molecule has 2 N–H and O–H groups in total. The highest BCUT2D eigenvalue weighted by molar-refractivity contribution is 6.50. The van der Waals surface area contributed by atoms with Gasteiger partial charge in [0.1, 0.15) is 0 Å². The van der Waals surface area contributed by atoms with Gasteiger partial charge in [-0.05, 0) is 24.3 Å². The van der Waals surface area contributed by atoms with E-state index < -0.39 is 11.6 Å². The Balaban J connectivity index is 1.82. The van der Waals surface area contributed by atoms with Crippen molar-refractivity contribution in [3.63, 3.8) is 0 Å². The summed E-state index contributed by atoms with van der Waals surface area (Å²) in [5.41, 5.74) is 3.34. The number of nitrogens with one attached hydrogen (secondary N) is 2. The molecule has 1 aliphatic rings. The molecule has 148 valence electrons. The maximum absolute atomic E-state index is 13.4. The number of para-hydroxylation sites is 2. The number of fused-ring (bicyclic) bond motifs is 2. The summed E-state index contributed by atoms with van der Waals surface area (Å²) in [4.78, 5) is 33.4. The first-order valence-corrected chi connectivity index (χ1v) is 9.44. The third kappa shape index (κ3) is 2.58. The monoisotopic (exact) mass is 398 g/mol. The fourth-order valence-corrected chi connectivity index (χ4v) is 3.96. The molecular weight excluding hydrogens is 380 g/mol. The molecule has 0 saturated heterocycles. The predicted molar refractivity (Wildman–Crippen MR) is 114 cm³/mol. The van der Waals surface area contributed by atoms with Gasteiger partial charge in [0.15, 0.2) is 0 Å². The fraction of sp³-hybridized carbons (Fsp3) is 0.0833. The van der Waals surface area contributed by atoms with Crippen LogP contribution >= 0.6 is 0 Å². The maximum Gasteiger partial charge on any atom is 0.234 e. The fourth-order valence-electron chi connectivity index (χ4n) is 3.96. The first kappa shape index (κ1) is 18.0. The standard InChI is InChI=1S/C24H18N2O4/c1-29-23-21(27)19(17-11-13-7-3-5-9-15(13)25-17)20(22(28)24(23)30-2)18-12-14-8-4-6-10-16(14)26-18/h3-12,25-26H,1-2H3. The lowest BCUT2D eigenvalue weighted by atomic mass is 9.88. The predicted octanol–water partition coefficient (Wildman–Crippen LogP) is 4.22. The van der Waals surface area contributed by atoms with Crippen LogP contribution in [0.2, 0.25) is 0 Å². The number of aromatic amines is 2. The first-order chi connectivity index (χ1) is 14.6. The molecule has 0 atom stereocenters. The zero-order valence-corrected chi connectivity index (χ0v) is 16.4. The van der Waals surface area contributed by atoms with E-state index in [2.05, 4.69) is 9.97 Å². The van der Waals surface area contributed by atoms with Crippen LogP contribution in [0.1, 0.15) is 11.4 Å². The van der Waals surface area contributed by atoms with Crippen LogP contribution in [-0.2, 0) is 19.1 Å². The highest BCUT2D eigenvalue weighted by Crippen LogP contribution is 2.38. The molecule has 0 spiro atoms. The van der Waals surface area contributed by atoms with Crippen molar-refractivity contribution in [2.24, 2.45) is 0 Å². The quantitative estimate of drug-likeness (QED) is 0.504. The number of benzene rings is 2. The van der Waals surface area contributed by atoms with E-state index in [0.29, 0.717) is 11.4 Å². The molecule has 0 saturated carbocycles. The number of hydrogen-bond donors (Lipinski definition) is 2. The molecule has 2 aromatic carbocycles. The molecule has 0 unspecified atom stereocenters.